The number of ether oxygens (including phenoxy) is 2. The van der Waals surface area contributed by atoms with E-state index in [9.17, 15) is 14.3 Å². The minimum Gasteiger partial charge on any atom is -0.389 e. The van der Waals surface area contributed by atoms with Gasteiger partial charge >= 0.3 is 0 Å². The monoisotopic (exact) mass is 323 g/mol. The fraction of sp³-hybridized carbons (Fsp3) is 0.467. The molecule has 7 nitrogen and oxygen atoms in total. The Morgan fingerprint density at radius 2 is 2.43 bits per heavy atom. The quantitative estimate of drug-likeness (QED) is 0.852. The molecule has 0 unspecified atom stereocenters. The normalized spacial score (nSPS) is 19.0. The lowest BCUT2D eigenvalue weighted by Gasteiger charge is -2.21. The van der Waals surface area contributed by atoms with Crippen LogP contribution in [0.3, 0.4) is 0 Å². The van der Waals surface area contributed by atoms with Crippen LogP contribution in [-0.4, -0.2) is 64.9 Å². The summed E-state index contributed by atoms with van der Waals surface area (Å²) in [6.07, 6.45) is -0.674. The Morgan fingerprint density at radius 1 is 1.57 bits per heavy atom. The topological polar surface area (TPSA) is 87.7 Å². The maximum absolute atomic E-state index is 13.1. The Bertz CT molecular complexity index is 690. The molecule has 1 saturated heterocycles. The van der Waals surface area contributed by atoms with E-state index in [1.807, 2.05) is 0 Å². The van der Waals surface area contributed by atoms with Gasteiger partial charge in [-0.3, -0.25) is 4.79 Å². The summed E-state index contributed by atoms with van der Waals surface area (Å²) in [5.74, 6) is -0.0277. The molecule has 1 aromatic heterocycles. The maximum atomic E-state index is 13.1. The zero-order chi connectivity index (χ0) is 16.2. The number of hydrogen-bond acceptors (Lipinski definition) is 5. The summed E-state index contributed by atoms with van der Waals surface area (Å²) in [6.45, 7) is 1.32. The van der Waals surface area contributed by atoms with Crippen LogP contribution in [0.5, 0.6) is 0 Å². The van der Waals surface area contributed by atoms with Gasteiger partial charge in [0.1, 0.15) is 24.9 Å². The molecule has 2 N–H and O–H groups in total. The Balaban J connectivity index is 1.52. The zero-order valence-electron chi connectivity index (χ0n) is 12.5. The van der Waals surface area contributed by atoms with Gasteiger partial charge in [0, 0.05) is 13.1 Å². The van der Waals surface area contributed by atoms with Gasteiger partial charge in [0.25, 0.3) is 0 Å². The van der Waals surface area contributed by atoms with Crippen LogP contribution in [0.1, 0.15) is 5.82 Å². The van der Waals surface area contributed by atoms with Crippen LogP contribution in [0.2, 0.25) is 0 Å². The Morgan fingerprint density at radius 3 is 3.30 bits per heavy atom. The number of β-amino-alcohol motifs (C(OH)–C–C–N with tert-alkyl or cyclic N) is 1. The van der Waals surface area contributed by atoms with E-state index in [4.69, 9.17) is 9.47 Å². The van der Waals surface area contributed by atoms with Gasteiger partial charge in [-0.1, -0.05) is 0 Å². The summed E-state index contributed by atoms with van der Waals surface area (Å²) < 4.78 is 23.7. The summed E-state index contributed by atoms with van der Waals surface area (Å²) in [5, 5.41) is 9.61. The first-order chi connectivity index (χ1) is 11.1. The number of nitrogens with one attached hydrogen (secondary N) is 1. The number of fused-ring (bicyclic) bond motifs is 1. The van der Waals surface area contributed by atoms with Crippen molar-refractivity contribution in [2.75, 3.05) is 32.9 Å². The van der Waals surface area contributed by atoms with E-state index >= 15 is 0 Å². The average molecular weight is 323 g/mol. The molecule has 124 valence electrons. The van der Waals surface area contributed by atoms with E-state index in [0.29, 0.717) is 30.0 Å². The average Bonchev–Trinajstić information content (AvgIpc) is 2.78. The fourth-order valence-corrected chi connectivity index (χ4v) is 2.45. The first-order valence-electron chi connectivity index (χ1n) is 7.37. The molecule has 1 aliphatic heterocycles. The third-order valence-corrected chi connectivity index (χ3v) is 3.56. The number of H-pyrrole nitrogens is 1. The van der Waals surface area contributed by atoms with Crippen LogP contribution < -0.4 is 0 Å². The second-order valence-corrected chi connectivity index (χ2v) is 5.41. The van der Waals surface area contributed by atoms with E-state index in [1.54, 1.807) is 6.07 Å². The van der Waals surface area contributed by atoms with E-state index in [0.717, 1.165) is 0 Å². The van der Waals surface area contributed by atoms with Crippen molar-refractivity contribution in [2.24, 2.45) is 0 Å². The third-order valence-electron chi connectivity index (χ3n) is 3.56. The van der Waals surface area contributed by atoms with Gasteiger partial charge in [-0.15, -0.1) is 0 Å². The van der Waals surface area contributed by atoms with Crippen LogP contribution in [-0.2, 0) is 20.9 Å². The minimum atomic E-state index is -0.674. The van der Waals surface area contributed by atoms with Gasteiger partial charge in [0.2, 0.25) is 5.91 Å². The molecule has 0 spiro atoms. The predicted molar refractivity (Wildman–Crippen MR) is 79.1 cm³/mol. The number of aliphatic hydroxyl groups is 1. The molecular weight excluding hydrogens is 305 g/mol. The van der Waals surface area contributed by atoms with Gasteiger partial charge in [-0.05, 0) is 18.2 Å². The lowest BCUT2D eigenvalue weighted by molar-refractivity contribution is -0.137. The Kier molecular flexibility index (Phi) is 4.85. The molecule has 0 saturated carbocycles. The number of rotatable bonds is 4. The first kappa shape index (κ1) is 15.9. The molecule has 1 atom stereocenters. The second-order valence-electron chi connectivity index (χ2n) is 5.41. The minimum absolute atomic E-state index is 0.113. The fourth-order valence-electron chi connectivity index (χ4n) is 2.45. The van der Waals surface area contributed by atoms with Crippen molar-refractivity contribution >= 4 is 16.9 Å². The number of nitrogens with zero attached hydrogens (tertiary/aromatic N) is 2. The summed E-state index contributed by atoms with van der Waals surface area (Å²) in [4.78, 5) is 20.8. The molecule has 1 aromatic carbocycles. The molecular formula is C15H18FN3O4. The molecule has 1 aliphatic rings. The Labute approximate surface area is 132 Å². The number of carbonyl (C=O) groups excluding carboxylic acids is 1. The molecule has 1 fully saturated rings. The van der Waals surface area contributed by atoms with Gasteiger partial charge in [-0.25, -0.2) is 9.37 Å². The van der Waals surface area contributed by atoms with Crippen molar-refractivity contribution in [1.82, 2.24) is 14.9 Å². The SMILES string of the molecule is O=C(COCc1nc2ccc(F)cc2[nH]1)N1CCOC[C@H](O)C1. The maximum Gasteiger partial charge on any atom is 0.248 e. The number of imidazole rings is 1. The van der Waals surface area contributed by atoms with Crippen LogP contribution in [0, 0.1) is 5.82 Å². The number of benzene rings is 1. The van der Waals surface area contributed by atoms with E-state index in [2.05, 4.69) is 9.97 Å². The molecule has 0 radical (unpaired) electrons. The van der Waals surface area contributed by atoms with E-state index < -0.39 is 6.10 Å². The Hall–Kier alpha value is -2.03. The van der Waals surface area contributed by atoms with Crippen molar-refractivity contribution in [3.8, 4) is 0 Å². The largest absolute Gasteiger partial charge is 0.389 e. The van der Waals surface area contributed by atoms with Crippen molar-refractivity contribution in [3.63, 3.8) is 0 Å². The highest BCUT2D eigenvalue weighted by molar-refractivity contribution is 5.77. The lowest BCUT2D eigenvalue weighted by atomic mass is 10.3. The van der Waals surface area contributed by atoms with Crippen LogP contribution in [0.15, 0.2) is 18.2 Å². The number of halogens is 1. The summed E-state index contributed by atoms with van der Waals surface area (Å²) in [5.41, 5.74) is 1.23. The van der Waals surface area contributed by atoms with E-state index in [-0.39, 0.29) is 38.1 Å². The van der Waals surface area contributed by atoms with Crippen molar-refractivity contribution < 1.29 is 23.8 Å². The number of carbonyl (C=O) groups is 1. The predicted octanol–water partition coefficient (Wildman–Crippen LogP) is 0.438. The smallest absolute Gasteiger partial charge is 0.248 e. The third kappa shape index (κ3) is 4.04. The standard InChI is InChI=1S/C15H18FN3O4/c16-10-1-2-12-13(5-10)18-14(17-12)8-23-9-15(21)19-3-4-22-7-11(20)6-19/h1-2,5,11,20H,3-4,6-9H2,(H,17,18)/t11-/m1/s1. The zero-order valence-corrected chi connectivity index (χ0v) is 12.5. The number of hydrogen-bond donors (Lipinski definition) is 2. The molecule has 23 heavy (non-hydrogen) atoms. The van der Waals surface area contributed by atoms with Gasteiger partial charge in [0.15, 0.2) is 0 Å². The van der Waals surface area contributed by atoms with Gasteiger partial charge in [0.05, 0.1) is 30.4 Å². The van der Waals surface area contributed by atoms with Crippen LogP contribution in [0.4, 0.5) is 4.39 Å². The van der Waals surface area contributed by atoms with Crippen molar-refractivity contribution in [1.29, 1.82) is 0 Å². The summed E-state index contributed by atoms with van der Waals surface area (Å²) >= 11 is 0. The summed E-state index contributed by atoms with van der Waals surface area (Å²) in [6, 6.07) is 4.27. The number of amides is 1. The molecule has 2 aromatic rings. The first-order valence-corrected chi connectivity index (χ1v) is 7.37. The molecule has 0 bridgehead atoms. The highest BCUT2D eigenvalue weighted by atomic mass is 19.1. The van der Waals surface area contributed by atoms with E-state index in [1.165, 1.54) is 17.0 Å². The van der Waals surface area contributed by atoms with Crippen molar-refractivity contribution in [2.45, 2.75) is 12.7 Å². The van der Waals surface area contributed by atoms with Gasteiger partial charge in [-0.2, -0.15) is 0 Å². The second kappa shape index (κ2) is 7.03. The number of aliphatic hydroxyl groups excluding tert-OH is 1. The molecule has 1 amide bonds. The van der Waals surface area contributed by atoms with Crippen molar-refractivity contribution in [3.05, 3.63) is 29.8 Å². The highest BCUT2D eigenvalue weighted by Gasteiger charge is 2.20. The van der Waals surface area contributed by atoms with Crippen LogP contribution in [0.25, 0.3) is 11.0 Å². The molecule has 2 heterocycles. The lowest BCUT2D eigenvalue weighted by Crippen LogP contribution is -2.39. The van der Waals surface area contributed by atoms with Gasteiger partial charge < -0.3 is 24.5 Å². The number of aromatic nitrogens is 2. The summed E-state index contributed by atoms with van der Waals surface area (Å²) in [7, 11) is 0. The molecule has 3 rings (SSSR count). The molecule has 8 heteroatoms. The van der Waals surface area contributed by atoms with Crippen LogP contribution >= 0.6 is 0 Å². The molecule has 0 aliphatic carbocycles. The number of aromatic amines is 1. The highest BCUT2D eigenvalue weighted by Crippen LogP contribution is 2.13.